The lowest BCUT2D eigenvalue weighted by Crippen LogP contribution is -2.38. The van der Waals surface area contributed by atoms with Crippen molar-refractivity contribution < 1.29 is 4.79 Å². The first-order valence-electron chi connectivity index (χ1n) is 7.28. The molecule has 3 N–H and O–H groups in total. The van der Waals surface area contributed by atoms with Gasteiger partial charge in [-0.1, -0.05) is 22.9 Å². The zero-order valence-corrected chi connectivity index (χ0v) is 13.0. The molecule has 1 heterocycles. The third-order valence-corrected chi connectivity index (χ3v) is 4.12. The Morgan fingerprint density at radius 3 is 3.00 bits per heavy atom. The van der Waals surface area contributed by atoms with Gasteiger partial charge in [0, 0.05) is 17.6 Å². The average Bonchev–Trinajstić information content (AvgIpc) is 3.27. The van der Waals surface area contributed by atoms with E-state index in [1.54, 1.807) is 23.7 Å². The van der Waals surface area contributed by atoms with Crippen molar-refractivity contribution in [1.29, 1.82) is 0 Å². The van der Waals surface area contributed by atoms with Gasteiger partial charge in [0.05, 0.1) is 11.4 Å². The van der Waals surface area contributed by atoms with E-state index in [1.165, 1.54) is 0 Å². The summed E-state index contributed by atoms with van der Waals surface area (Å²) in [6.07, 6.45) is 2.31. The summed E-state index contributed by atoms with van der Waals surface area (Å²) >= 11 is 5.98. The first-order chi connectivity index (χ1) is 10.6. The molecule has 1 aromatic carbocycles. The fraction of sp³-hybridized carbons (Fsp3) is 0.400. The van der Waals surface area contributed by atoms with Crippen LogP contribution in [0.3, 0.4) is 0 Å². The van der Waals surface area contributed by atoms with E-state index in [0.29, 0.717) is 28.9 Å². The minimum Gasteiger partial charge on any atom is -0.349 e. The molecule has 7 heteroatoms. The Morgan fingerprint density at radius 2 is 2.32 bits per heavy atom. The zero-order chi connectivity index (χ0) is 15.7. The van der Waals surface area contributed by atoms with Crippen LogP contribution in [0.15, 0.2) is 24.3 Å². The van der Waals surface area contributed by atoms with Gasteiger partial charge < -0.3 is 11.1 Å². The summed E-state index contributed by atoms with van der Waals surface area (Å²) in [6, 6.07) is 7.26. The normalized spacial score (nSPS) is 15.6. The Kier molecular flexibility index (Phi) is 4.13. The van der Waals surface area contributed by atoms with Crippen LogP contribution in [-0.2, 0) is 0 Å². The van der Waals surface area contributed by atoms with Crippen LogP contribution in [0.1, 0.15) is 29.0 Å². The van der Waals surface area contributed by atoms with Gasteiger partial charge in [0.2, 0.25) is 0 Å². The predicted molar refractivity (Wildman–Crippen MR) is 84.1 cm³/mol. The maximum absolute atomic E-state index is 12.2. The summed E-state index contributed by atoms with van der Waals surface area (Å²) in [6.45, 7) is 2.27. The van der Waals surface area contributed by atoms with Crippen molar-refractivity contribution in [2.24, 2.45) is 11.7 Å². The van der Waals surface area contributed by atoms with Crippen molar-refractivity contribution >= 4 is 17.5 Å². The maximum atomic E-state index is 12.2. The second-order valence-electron chi connectivity index (χ2n) is 5.63. The third kappa shape index (κ3) is 3.13. The van der Waals surface area contributed by atoms with Gasteiger partial charge in [0.25, 0.3) is 5.91 Å². The molecule has 6 nitrogen and oxygen atoms in total. The van der Waals surface area contributed by atoms with Gasteiger partial charge in [-0.15, -0.1) is 5.10 Å². The Balaban J connectivity index is 1.73. The molecule has 0 aliphatic heterocycles. The SMILES string of the molecule is Cc1c(C(=O)NCC(N)C2CC2)nnn1-c1cccc(Cl)c1. The number of carbonyl (C=O) groups is 1. The van der Waals surface area contributed by atoms with Crippen molar-refractivity contribution in [3.63, 3.8) is 0 Å². The van der Waals surface area contributed by atoms with E-state index in [0.717, 1.165) is 18.5 Å². The standard InChI is InChI=1S/C15H18ClN5O/c1-9-14(15(22)18-8-13(17)10-5-6-10)19-20-21(9)12-4-2-3-11(16)7-12/h2-4,7,10,13H,5-6,8,17H2,1H3,(H,18,22). The number of nitrogens with two attached hydrogens (primary N) is 1. The van der Waals surface area contributed by atoms with Crippen molar-refractivity contribution in [3.8, 4) is 5.69 Å². The molecule has 1 amide bonds. The molecule has 0 saturated heterocycles. The van der Waals surface area contributed by atoms with Crippen molar-refractivity contribution in [3.05, 3.63) is 40.7 Å². The van der Waals surface area contributed by atoms with E-state index in [9.17, 15) is 4.79 Å². The van der Waals surface area contributed by atoms with E-state index >= 15 is 0 Å². The number of halogens is 1. The lowest BCUT2D eigenvalue weighted by Gasteiger charge is -2.10. The summed E-state index contributed by atoms with van der Waals surface area (Å²) in [5.41, 5.74) is 7.73. The van der Waals surface area contributed by atoms with Gasteiger partial charge in [-0.2, -0.15) is 0 Å². The molecular formula is C15H18ClN5O. The van der Waals surface area contributed by atoms with E-state index in [2.05, 4.69) is 15.6 Å². The summed E-state index contributed by atoms with van der Waals surface area (Å²) in [5.74, 6) is 0.297. The first kappa shape index (κ1) is 15.0. The van der Waals surface area contributed by atoms with Gasteiger partial charge >= 0.3 is 0 Å². The predicted octanol–water partition coefficient (Wildman–Crippen LogP) is 1.70. The Morgan fingerprint density at radius 1 is 1.55 bits per heavy atom. The van der Waals surface area contributed by atoms with Crippen LogP contribution in [0.25, 0.3) is 5.69 Å². The number of hydrogen-bond acceptors (Lipinski definition) is 4. The summed E-state index contributed by atoms with van der Waals surface area (Å²) in [7, 11) is 0. The Hall–Kier alpha value is -1.92. The number of nitrogens with one attached hydrogen (secondary N) is 1. The molecule has 1 unspecified atom stereocenters. The van der Waals surface area contributed by atoms with Crippen LogP contribution in [-0.4, -0.2) is 33.5 Å². The number of nitrogens with zero attached hydrogens (tertiary/aromatic N) is 3. The molecule has 2 aromatic rings. The van der Waals surface area contributed by atoms with E-state index in [1.807, 2.05) is 12.1 Å². The quantitative estimate of drug-likeness (QED) is 0.878. The van der Waals surface area contributed by atoms with Gasteiger partial charge in [0.15, 0.2) is 5.69 Å². The maximum Gasteiger partial charge on any atom is 0.273 e. The molecule has 1 aromatic heterocycles. The van der Waals surface area contributed by atoms with Gasteiger partial charge in [-0.05, 0) is 43.9 Å². The molecule has 0 radical (unpaired) electrons. The molecule has 1 aliphatic carbocycles. The minimum absolute atomic E-state index is 0.0206. The summed E-state index contributed by atoms with van der Waals surface area (Å²) < 4.78 is 1.60. The Labute approximate surface area is 133 Å². The molecule has 1 saturated carbocycles. The van der Waals surface area contributed by atoms with Crippen LogP contribution in [0, 0.1) is 12.8 Å². The summed E-state index contributed by atoms with van der Waals surface area (Å²) in [4.78, 5) is 12.2. The monoisotopic (exact) mass is 319 g/mol. The Bertz CT molecular complexity index is 695. The molecule has 22 heavy (non-hydrogen) atoms. The van der Waals surface area contributed by atoms with Crippen LogP contribution in [0.4, 0.5) is 0 Å². The van der Waals surface area contributed by atoms with Crippen molar-refractivity contribution in [1.82, 2.24) is 20.3 Å². The second kappa shape index (κ2) is 6.06. The number of hydrogen-bond donors (Lipinski definition) is 2. The molecule has 0 spiro atoms. The largest absolute Gasteiger partial charge is 0.349 e. The lowest BCUT2D eigenvalue weighted by atomic mass is 10.2. The van der Waals surface area contributed by atoms with E-state index in [-0.39, 0.29) is 11.9 Å². The third-order valence-electron chi connectivity index (χ3n) is 3.89. The van der Waals surface area contributed by atoms with Gasteiger partial charge in [0.1, 0.15) is 0 Å². The smallest absolute Gasteiger partial charge is 0.273 e. The van der Waals surface area contributed by atoms with Gasteiger partial charge in [-0.3, -0.25) is 4.79 Å². The first-order valence-corrected chi connectivity index (χ1v) is 7.66. The van der Waals surface area contributed by atoms with Gasteiger partial charge in [-0.25, -0.2) is 4.68 Å². The molecule has 116 valence electrons. The van der Waals surface area contributed by atoms with Crippen molar-refractivity contribution in [2.45, 2.75) is 25.8 Å². The van der Waals surface area contributed by atoms with Crippen LogP contribution >= 0.6 is 11.6 Å². The highest BCUT2D eigenvalue weighted by molar-refractivity contribution is 6.30. The number of amides is 1. The lowest BCUT2D eigenvalue weighted by molar-refractivity contribution is 0.0944. The molecule has 1 fully saturated rings. The van der Waals surface area contributed by atoms with E-state index < -0.39 is 0 Å². The second-order valence-corrected chi connectivity index (χ2v) is 6.06. The van der Waals surface area contributed by atoms with Crippen LogP contribution in [0.2, 0.25) is 5.02 Å². The number of carbonyl (C=O) groups excluding carboxylic acids is 1. The highest BCUT2D eigenvalue weighted by atomic mass is 35.5. The molecule has 3 rings (SSSR count). The number of rotatable bonds is 5. The minimum atomic E-state index is -0.248. The molecule has 1 atom stereocenters. The van der Waals surface area contributed by atoms with Crippen LogP contribution < -0.4 is 11.1 Å². The fourth-order valence-electron chi connectivity index (χ4n) is 2.38. The molecular weight excluding hydrogens is 302 g/mol. The topological polar surface area (TPSA) is 85.8 Å². The van der Waals surface area contributed by atoms with Crippen LogP contribution in [0.5, 0.6) is 0 Å². The number of benzene rings is 1. The van der Waals surface area contributed by atoms with E-state index in [4.69, 9.17) is 17.3 Å². The van der Waals surface area contributed by atoms with Crippen molar-refractivity contribution in [2.75, 3.05) is 6.54 Å². The summed E-state index contributed by atoms with van der Waals surface area (Å²) in [5, 5.41) is 11.5. The fourth-order valence-corrected chi connectivity index (χ4v) is 2.56. The highest BCUT2D eigenvalue weighted by Gasteiger charge is 2.29. The molecule has 0 bridgehead atoms. The average molecular weight is 320 g/mol. The highest BCUT2D eigenvalue weighted by Crippen LogP contribution is 2.31. The molecule has 1 aliphatic rings. The number of aromatic nitrogens is 3. The zero-order valence-electron chi connectivity index (χ0n) is 12.3.